The van der Waals surface area contributed by atoms with Crippen LogP contribution in [-0.2, 0) is 0 Å². The molecule has 0 unspecified atom stereocenters. The number of benzene rings is 1. The van der Waals surface area contributed by atoms with Crippen LogP contribution in [0.15, 0.2) is 42.7 Å². The third-order valence-corrected chi connectivity index (χ3v) is 2.41. The van der Waals surface area contributed by atoms with Crippen LogP contribution in [0, 0.1) is 5.82 Å². The van der Waals surface area contributed by atoms with E-state index in [-0.39, 0.29) is 5.82 Å². The first kappa shape index (κ1) is 9.03. The van der Waals surface area contributed by atoms with E-state index in [1.807, 2.05) is 6.07 Å². The second-order valence-corrected chi connectivity index (χ2v) is 3.45. The fraction of sp³-hybridized carbons (Fsp3) is 0. The lowest BCUT2D eigenvalue weighted by atomic mass is 10.2. The second kappa shape index (κ2) is 3.41. The third kappa shape index (κ3) is 1.35. The van der Waals surface area contributed by atoms with Crippen molar-refractivity contribution in [1.29, 1.82) is 0 Å². The first-order valence-corrected chi connectivity index (χ1v) is 4.89. The van der Waals surface area contributed by atoms with Gasteiger partial charge in [-0.1, -0.05) is 12.1 Å². The van der Waals surface area contributed by atoms with Gasteiger partial charge in [0.25, 0.3) is 0 Å². The molecule has 2 aromatic heterocycles. The van der Waals surface area contributed by atoms with Gasteiger partial charge in [-0.2, -0.15) is 0 Å². The predicted octanol–water partition coefficient (Wildman–Crippen LogP) is 2.76. The molecule has 1 N–H and O–H groups in total. The van der Waals surface area contributed by atoms with Crippen molar-refractivity contribution < 1.29 is 4.39 Å². The zero-order valence-corrected chi connectivity index (χ0v) is 8.31. The molecular weight excluding hydrogens is 205 g/mol. The molecular formula is C12H8FN3. The van der Waals surface area contributed by atoms with Gasteiger partial charge in [-0.15, -0.1) is 0 Å². The lowest BCUT2D eigenvalue weighted by molar-refractivity contribution is 0.630. The maximum absolute atomic E-state index is 13.5. The Labute approximate surface area is 91.0 Å². The number of aromatic nitrogens is 3. The highest BCUT2D eigenvalue weighted by molar-refractivity contribution is 5.76. The maximum Gasteiger partial charge on any atom is 0.162 e. The summed E-state index contributed by atoms with van der Waals surface area (Å²) in [5.41, 5.74) is 2.05. The largest absolute Gasteiger partial charge is 0.359 e. The van der Waals surface area contributed by atoms with Crippen LogP contribution < -0.4 is 0 Å². The van der Waals surface area contributed by atoms with Crippen LogP contribution in [0.4, 0.5) is 4.39 Å². The van der Waals surface area contributed by atoms with Gasteiger partial charge in [0.1, 0.15) is 5.82 Å². The molecule has 0 fully saturated rings. The molecule has 0 saturated carbocycles. The van der Waals surface area contributed by atoms with Crippen molar-refractivity contribution in [2.75, 3.05) is 0 Å². The van der Waals surface area contributed by atoms with Crippen molar-refractivity contribution in [1.82, 2.24) is 15.0 Å². The summed E-state index contributed by atoms with van der Waals surface area (Å²) in [6.07, 6.45) is 3.44. The summed E-state index contributed by atoms with van der Waals surface area (Å²) in [7, 11) is 0. The molecule has 3 aromatic rings. The van der Waals surface area contributed by atoms with Crippen molar-refractivity contribution in [2.45, 2.75) is 0 Å². The Balaban J connectivity index is 2.22. The van der Waals surface area contributed by atoms with E-state index in [9.17, 15) is 4.39 Å². The van der Waals surface area contributed by atoms with E-state index in [2.05, 4.69) is 15.0 Å². The van der Waals surface area contributed by atoms with E-state index in [1.165, 1.54) is 6.07 Å². The molecule has 78 valence electrons. The molecule has 0 aliphatic heterocycles. The van der Waals surface area contributed by atoms with E-state index >= 15 is 0 Å². The molecule has 3 nitrogen and oxygen atoms in total. The number of rotatable bonds is 1. The van der Waals surface area contributed by atoms with Gasteiger partial charge in [0.2, 0.25) is 0 Å². The summed E-state index contributed by atoms with van der Waals surface area (Å²) in [6.45, 7) is 0. The van der Waals surface area contributed by atoms with Crippen LogP contribution in [0.3, 0.4) is 0 Å². The first-order valence-electron chi connectivity index (χ1n) is 4.89. The normalized spacial score (nSPS) is 10.8. The van der Waals surface area contributed by atoms with E-state index < -0.39 is 0 Å². The minimum atomic E-state index is -0.308. The first-order chi connectivity index (χ1) is 7.84. The highest BCUT2D eigenvalue weighted by atomic mass is 19.1. The van der Waals surface area contributed by atoms with Crippen LogP contribution in [0.1, 0.15) is 0 Å². The Morgan fingerprint density at radius 3 is 2.88 bits per heavy atom. The van der Waals surface area contributed by atoms with Crippen molar-refractivity contribution in [3.05, 3.63) is 48.5 Å². The standard InChI is InChI=1S/C12H8FN3/c13-9-4-2-1-3-8(9)12-15-7-11-10(16-12)5-6-14-11/h1-7,14H. The van der Waals surface area contributed by atoms with Gasteiger partial charge in [-0.05, 0) is 18.2 Å². The molecule has 2 heterocycles. The van der Waals surface area contributed by atoms with Gasteiger partial charge in [0, 0.05) is 6.20 Å². The summed E-state index contributed by atoms with van der Waals surface area (Å²) in [6, 6.07) is 8.32. The SMILES string of the molecule is Fc1ccccc1-c1ncc2[nH]ccc2n1. The average Bonchev–Trinajstić information content (AvgIpc) is 2.76. The maximum atomic E-state index is 13.5. The van der Waals surface area contributed by atoms with Gasteiger partial charge in [0.15, 0.2) is 5.82 Å². The molecule has 0 amide bonds. The Morgan fingerprint density at radius 1 is 1.12 bits per heavy atom. The summed E-state index contributed by atoms with van der Waals surface area (Å²) in [5, 5.41) is 0. The molecule has 4 heteroatoms. The third-order valence-electron chi connectivity index (χ3n) is 2.41. The van der Waals surface area contributed by atoms with Crippen LogP contribution in [0.25, 0.3) is 22.4 Å². The molecule has 0 aliphatic carbocycles. The molecule has 3 rings (SSSR count). The summed E-state index contributed by atoms with van der Waals surface area (Å²) in [4.78, 5) is 11.4. The van der Waals surface area contributed by atoms with Gasteiger partial charge >= 0.3 is 0 Å². The van der Waals surface area contributed by atoms with Crippen LogP contribution in [0.2, 0.25) is 0 Å². The Kier molecular flexibility index (Phi) is 1.93. The predicted molar refractivity (Wildman–Crippen MR) is 59.3 cm³/mol. The number of nitrogens with zero attached hydrogens (tertiary/aromatic N) is 2. The van der Waals surface area contributed by atoms with E-state index in [1.54, 1.807) is 30.6 Å². The van der Waals surface area contributed by atoms with Crippen molar-refractivity contribution in [2.24, 2.45) is 0 Å². The summed E-state index contributed by atoms with van der Waals surface area (Å²) in [5.74, 6) is 0.0996. The average molecular weight is 213 g/mol. The number of H-pyrrole nitrogens is 1. The molecule has 0 saturated heterocycles. The lowest BCUT2D eigenvalue weighted by Crippen LogP contribution is -1.91. The number of hydrogen-bond acceptors (Lipinski definition) is 2. The van der Waals surface area contributed by atoms with Crippen LogP contribution in [-0.4, -0.2) is 15.0 Å². The highest BCUT2D eigenvalue weighted by Crippen LogP contribution is 2.20. The topological polar surface area (TPSA) is 41.6 Å². The van der Waals surface area contributed by atoms with Crippen LogP contribution >= 0.6 is 0 Å². The Hall–Kier alpha value is -2.23. The fourth-order valence-corrected chi connectivity index (χ4v) is 1.62. The van der Waals surface area contributed by atoms with Crippen molar-refractivity contribution in [3.8, 4) is 11.4 Å². The van der Waals surface area contributed by atoms with Gasteiger partial charge in [-0.25, -0.2) is 14.4 Å². The van der Waals surface area contributed by atoms with Crippen molar-refractivity contribution >= 4 is 11.0 Å². The summed E-state index contributed by atoms with van der Waals surface area (Å²) >= 11 is 0. The molecule has 16 heavy (non-hydrogen) atoms. The molecule has 0 atom stereocenters. The number of halogens is 1. The van der Waals surface area contributed by atoms with Crippen molar-refractivity contribution in [3.63, 3.8) is 0 Å². The lowest BCUT2D eigenvalue weighted by Gasteiger charge is -2.00. The quantitative estimate of drug-likeness (QED) is 0.675. The number of nitrogens with one attached hydrogen (secondary N) is 1. The molecule has 0 spiro atoms. The fourth-order valence-electron chi connectivity index (χ4n) is 1.62. The highest BCUT2D eigenvalue weighted by Gasteiger charge is 2.07. The van der Waals surface area contributed by atoms with Gasteiger partial charge < -0.3 is 4.98 Å². The number of hydrogen-bond donors (Lipinski definition) is 1. The van der Waals surface area contributed by atoms with Crippen LogP contribution in [0.5, 0.6) is 0 Å². The van der Waals surface area contributed by atoms with Gasteiger partial charge in [-0.3, -0.25) is 0 Å². The summed E-state index contributed by atoms with van der Waals surface area (Å²) < 4.78 is 13.5. The number of fused-ring (bicyclic) bond motifs is 1. The minimum Gasteiger partial charge on any atom is -0.359 e. The molecule has 0 radical (unpaired) electrons. The smallest absolute Gasteiger partial charge is 0.162 e. The zero-order chi connectivity index (χ0) is 11.0. The minimum absolute atomic E-state index is 0.308. The van der Waals surface area contributed by atoms with Gasteiger partial charge in [0.05, 0.1) is 22.8 Å². The molecule has 0 aliphatic rings. The number of aromatic amines is 1. The van der Waals surface area contributed by atoms with E-state index in [0.29, 0.717) is 11.4 Å². The van der Waals surface area contributed by atoms with E-state index in [0.717, 1.165) is 11.0 Å². The zero-order valence-electron chi connectivity index (χ0n) is 8.31. The Morgan fingerprint density at radius 2 is 2.00 bits per heavy atom. The molecule has 0 bridgehead atoms. The molecule has 1 aromatic carbocycles. The van der Waals surface area contributed by atoms with E-state index in [4.69, 9.17) is 0 Å². The second-order valence-electron chi connectivity index (χ2n) is 3.45. The Bertz CT molecular complexity index is 645. The monoisotopic (exact) mass is 213 g/mol.